The largest absolute Gasteiger partial charge is 0.493 e. The summed E-state index contributed by atoms with van der Waals surface area (Å²) in [5.74, 6) is 0.244. The van der Waals surface area contributed by atoms with Gasteiger partial charge in [-0.3, -0.25) is 4.79 Å². The van der Waals surface area contributed by atoms with E-state index in [0.717, 1.165) is 19.6 Å². The van der Waals surface area contributed by atoms with Crippen molar-refractivity contribution >= 4 is 5.91 Å². The number of nitrogens with one attached hydrogen (secondary N) is 1. The fourth-order valence-corrected chi connectivity index (χ4v) is 2.90. The van der Waals surface area contributed by atoms with Crippen molar-refractivity contribution in [2.24, 2.45) is 0 Å². The number of halogens is 1. The summed E-state index contributed by atoms with van der Waals surface area (Å²) in [5, 5.41) is 3.04. The summed E-state index contributed by atoms with van der Waals surface area (Å²) in [5.41, 5.74) is 0. The highest BCUT2D eigenvalue weighted by Crippen LogP contribution is 2.12. The Balaban J connectivity index is 1.57. The third kappa shape index (κ3) is 6.99. The molecule has 23 heavy (non-hydrogen) atoms. The highest BCUT2D eigenvalue weighted by Gasteiger charge is 2.14. The summed E-state index contributed by atoms with van der Waals surface area (Å²) in [6, 6.07) is 6.22. The predicted octanol–water partition coefficient (Wildman–Crippen LogP) is 2.98. The minimum atomic E-state index is -0.313. The summed E-state index contributed by atoms with van der Waals surface area (Å²) in [4.78, 5) is 14.3. The molecule has 1 atom stereocenters. The highest BCUT2D eigenvalue weighted by atomic mass is 19.1. The van der Waals surface area contributed by atoms with Gasteiger partial charge in [0.05, 0.1) is 6.61 Å². The van der Waals surface area contributed by atoms with E-state index in [1.807, 2.05) is 0 Å². The first-order valence-corrected chi connectivity index (χ1v) is 8.53. The summed E-state index contributed by atoms with van der Waals surface area (Å²) < 4.78 is 18.4. The molecular weight excluding hydrogens is 295 g/mol. The molecule has 128 valence electrons. The average Bonchev–Trinajstić information content (AvgIpc) is 2.52. The number of amides is 1. The number of benzene rings is 1. The van der Waals surface area contributed by atoms with E-state index in [2.05, 4.69) is 17.1 Å². The van der Waals surface area contributed by atoms with Crippen molar-refractivity contribution in [3.8, 4) is 5.75 Å². The van der Waals surface area contributed by atoms with Crippen molar-refractivity contribution < 1.29 is 13.9 Å². The Labute approximate surface area is 138 Å². The first-order chi connectivity index (χ1) is 11.1. The average molecular weight is 322 g/mol. The van der Waals surface area contributed by atoms with Gasteiger partial charge < -0.3 is 15.0 Å². The summed E-state index contributed by atoms with van der Waals surface area (Å²) in [7, 11) is 0. The molecule has 0 bridgehead atoms. The van der Waals surface area contributed by atoms with Crippen LogP contribution in [-0.2, 0) is 4.79 Å². The molecule has 0 aromatic heterocycles. The van der Waals surface area contributed by atoms with Crippen LogP contribution in [0.2, 0.25) is 0 Å². The van der Waals surface area contributed by atoms with E-state index in [1.54, 1.807) is 12.1 Å². The fraction of sp³-hybridized carbons (Fsp3) is 0.611. The van der Waals surface area contributed by atoms with Gasteiger partial charge in [-0.25, -0.2) is 4.39 Å². The molecule has 5 heteroatoms. The van der Waals surface area contributed by atoms with E-state index < -0.39 is 0 Å². The van der Waals surface area contributed by atoms with E-state index in [-0.39, 0.29) is 17.8 Å². The molecule has 1 aliphatic heterocycles. The van der Waals surface area contributed by atoms with Gasteiger partial charge in [0.1, 0.15) is 11.6 Å². The van der Waals surface area contributed by atoms with Crippen LogP contribution in [0.3, 0.4) is 0 Å². The molecule has 0 radical (unpaired) electrons. The van der Waals surface area contributed by atoms with E-state index in [0.29, 0.717) is 25.2 Å². The van der Waals surface area contributed by atoms with Crippen LogP contribution in [0.5, 0.6) is 5.75 Å². The van der Waals surface area contributed by atoms with Crippen LogP contribution in [0.15, 0.2) is 24.3 Å². The molecule has 1 saturated heterocycles. The lowest BCUT2D eigenvalue weighted by Crippen LogP contribution is -2.43. The molecule has 2 rings (SSSR count). The second-order valence-electron chi connectivity index (χ2n) is 6.24. The zero-order chi connectivity index (χ0) is 16.5. The lowest BCUT2D eigenvalue weighted by atomic mass is 10.1. The van der Waals surface area contributed by atoms with Gasteiger partial charge in [-0.2, -0.15) is 0 Å². The number of hydrogen-bond acceptors (Lipinski definition) is 3. The Hall–Kier alpha value is -1.62. The Bertz CT molecular complexity index is 490. The monoisotopic (exact) mass is 322 g/mol. The number of rotatable bonds is 8. The number of ether oxygens (including phenoxy) is 1. The third-order valence-electron chi connectivity index (χ3n) is 4.00. The van der Waals surface area contributed by atoms with Gasteiger partial charge in [0.25, 0.3) is 0 Å². The Morgan fingerprint density at radius 1 is 1.35 bits per heavy atom. The standard InChI is InChI=1S/C18H27FN2O2/c1-15(14-21-10-3-2-4-11-21)20-18(22)9-6-12-23-17-8-5-7-16(19)13-17/h5,7-8,13,15H,2-4,6,9-12,14H2,1H3,(H,20,22). The first-order valence-electron chi connectivity index (χ1n) is 8.53. The van der Waals surface area contributed by atoms with E-state index in [1.165, 1.54) is 31.4 Å². The molecule has 1 fully saturated rings. The van der Waals surface area contributed by atoms with Gasteiger partial charge in [0, 0.05) is 25.1 Å². The van der Waals surface area contributed by atoms with E-state index in [4.69, 9.17) is 4.74 Å². The molecule has 4 nitrogen and oxygen atoms in total. The van der Waals surface area contributed by atoms with Crippen LogP contribution in [0.1, 0.15) is 39.0 Å². The van der Waals surface area contributed by atoms with Crippen LogP contribution in [0.25, 0.3) is 0 Å². The molecule has 1 unspecified atom stereocenters. The number of hydrogen-bond donors (Lipinski definition) is 1. The highest BCUT2D eigenvalue weighted by molar-refractivity contribution is 5.76. The number of nitrogens with zero attached hydrogens (tertiary/aromatic N) is 1. The van der Waals surface area contributed by atoms with E-state index in [9.17, 15) is 9.18 Å². The van der Waals surface area contributed by atoms with Crippen molar-refractivity contribution in [1.29, 1.82) is 0 Å². The minimum Gasteiger partial charge on any atom is -0.493 e. The maximum atomic E-state index is 13.0. The van der Waals surface area contributed by atoms with Crippen molar-refractivity contribution in [3.63, 3.8) is 0 Å². The van der Waals surface area contributed by atoms with Gasteiger partial charge in [-0.05, 0) is 51.4 Å². The van der Waals surface area contributed by atoms with Gasteiger partial charge in [-0.1, -0.05) is 12.5 Å². The van der Waals surface area contributed by atoms with Crippen molar-refractivity contribution in [2.45, 2.75) is 45.1 Å². The second-order valence-corrected chi connectivity index (χ2v) is 6.24. The van der Waals surface area contributed by atoms with Crippen molar-refractivity contribution in [1.82, 2.24) is 10.2 Å². The molecule has 0 saturated carbocycles. The summed E-state index contributed by atoms with van der Waals surface area (Å²) >= 11 is 0. The van der Waals surface area contributed by atoms with Crippen LogP contribution in [-0.4, -0.2) is 43.1 Å². The molecule has 0 aliphatic carbocycles. The lowest BCUT2D eigenvalue weighted by molar-refractivity contribution is -0.122. The zero-order valence-corrected chi connectivity index (χ0v) is 13.9. The van der Waals surface area contributed by atoms with E-state index >= 15 is 0 Å². The second kappa shape index (κ2) is 9.50. The maximum absolute atomic E-state index is 13.0. The zero-order valence-electron chi connectivity index (χ0n) is 13.9. The molecule has 1 aromatic carbocycles. The Morgan fingerprint density at radius 3 is 2.87 bits per heavy atom. The van der Waals surface area contributed by atoms with Gasteiger partial charge >= 0.3 is 0 Å². The van der Waals surface area contributed by atoms with Gasteiger partial charge in [0.2, 0.25) is 5.91 Å². The smallest absolute Gasteiger partial charge is 0.220 e. The molecular formula is C18H27FN2O2. The van der Waals surface area contributed by atoms with Gasteiger partial charge in [-0.15, -0.1) is 0 Å². The van der Waals surface area contributed by atoms with Crippen LogP contribution < -0.4 is 10.1 Å². The molecule has 1 amide bonds. The number of likely N-dealkylation sites (tertiary alicyclic amines) is 1. The number of piperidine rings is 1. The topological polar surface area (TPSA) is 41.6 Å². The molecule has 1 N–H and O–H groups in total. The van der Waals surface area contributed by atoms with Gasteiger partial charge in [0.15, 0.2) is 0 Å². The van der Waals surface area contributed by atoms with Crippen molar-refractivity contribution in [3.05, 3.63) is 30.1 Å². The first kappa shape index (κ1) is 17.7. The Morgan fingerprint density at radius 2 is 2.13 bits per heavy atom. The normalized spacial score (nSPS) is 16.8. The Kier molecular flexibility index (Phi) is 7.33. The maximum Gasteiger partial charge on any atom is 0.220 e. The third-order valence-corrected chi connectivity index (χ3v) is 4.00. The molecule has 1 aliphatic rings. The fourth-order valence-electron chi connectivity index (χ4n) is 2.90. The SMILES string of the molecule is CC(CN1CCCCC1)NC(=O)CCCOc1cccc(F)c1. The predicted molar refractivity (Wildman–Crippen MR) is 89.0 cm³/mol. The molecule has 1 aromatic rings. The summed E-state index contributed by atoms with van der Waals surface area (Å²) in [6.07, 6.45) is 4.90. The quantitative estimate of drug-likeness (QED) is 0.748. The minimum absolute atomic E-state index is 0.0531. The lowest BCUT2D eigenvalue weighted by Gasteiger charge is -2.29. The number of carbonyl (C=O) groups excluding carboxylic acids is 1. The van der Waals surface area contributed by atoms with Crippen LogP contribution in [0.4, 0.5) is 4.39 Å². The molecule has 1 heterocycles. The molecule has 0 spiro atoms. The van der Waals surface area contributed by atoms with Crippen LogP contribution in [0, 0.1) is 5.82 Å². The van der Waals surface area contributed by atoms with Crippen molar-refractivity contribution in [2.75, 3.05) is 26.2 Å². The summed E-state index contributed by atoms with van der Waals surface area (Å²) in [6.45, 7) is 5.67. The number of carbonyl (C=O) groups is 1. The van der Waals surface area contributed by atoms with Crippen LogP contribution >= 0.6 is 0 Å².